The Kier molecular flexibility index (Phi) is 7.44. The molecule has 5 nitrogen and oxygen atoms in total. The topological polar surface area (TPSA) is 66.5 Å². The first kappa shape index (κ1) is 18.7. The summed E-state index contributed by atoms with van der Waals surface area (Å²) in [5.41, 5.74) is 0. The summed E-state index contributed by atoms with van der Waals surface area (Å²) in [6.45, 7) is 1.87. The number of carbonyl (C=O) groups excluding carboxylic acids is 1. The van der Waals surface area contributed by atoms with Crippen LogP contribution in [0.4, 0.5) is 0 Å². The first-order chi connectivity index (χ1) is 9.50. The fourth-order valence-electron chi connectivity index (χ4n) is 3.22. The van der Waals surface area contributed by atoms with E-state index in [1.165, 1.54) is 0 Å². The molecule has 1 saturated carbocycles. The number of hydrogen-bond acceptors (Lipinski definition) is 4. The molecular weight excluding hydrogens is 312 g/mol. The fraction of sp³-hybridized carbons (Fsp3) is 0.929. The summed E-state index contributed by atoms with van der Waals surface area (Å²) in [6, 6.07) is 0.262. The highest BCUT2D eigenvalue weighted by Gasteiger charge is 2.30. The van der Waals surface area contributed by atoms with Crippen LogP contribution in [0.2, 0.25) is 0 Å². The Bertz CT molecular complexity index is 430. The zero-order valence-corrected chi connectivity index (χ0v) is 14.3. The Morgan fingerprint density at radius 2 is 1.71 bits per heavy atom. The largest absolute Gasteiger partial charge is 0.343 e. The van der Waals surface area contributed by atoms with Gasteiger partial charge in [-0.3, -0.25) is 4.79 Å². The predicted octanol–water partition coefficient (Wildman–Crippen LogP) is 1.37. The monoisotopic (exact) mass is 338 g/mol. The molecule has 2 fully saturated rings. The van der Waals surface area contributed by atoms with Crippen molar-refractivity contribution in [1.29, 1.82) is 0 Å². The van der Waals surface area contributed by atoms with Crippen LogP contribution in [-0.4, -0.2) is 56.4 Å². The van der Waals surface area contributed by atoms with Gasteiger partial charge in [0, 0.05) is 19.5 Å². The highest BCUT2D eigenvalue weighted by molar-refractivity contribution is 7.92. The smallest absolute Gasteiger partial charge is 0.223 e. The van der Waals surface area contributed by atoms with Gasteiger partial charge in [-0.05, 0) is 38.8 Å². The molecule has 1 N–H and O–H groups in total. The lowest BCUT2D eigenvalue weighted by atomic mass is 10.1. The molecule has 1 saturated heterocycles. The zero-order chi connectivity index (χ0) is 14.6. The lowest BCUT2D eigenvalue weighted by Crippen LogP contribution is -2.44. The van der Waals surface area contributed by atoms with Crippen molar-refractivity contribution in [3.05, 3.63) is 0 Å². The Balaban J connectivity index is 0.00000220. The van der Waals surface area contributed by atoms with Gasteiger partial charge in [-0.2, -0.15) is 0 Å². The van der Waals surface area contributed by atoms with E-state index >= 15 is 0 Å². The molecular formula is C14H27ClN2O3S. The van der Waals surface area contributed by atoms with Crippen molar-refractivity contribution < 1.29 is 13.2 Å². The number of piperidine rings is 1. The average molecular weight is 339 g/mol. The number of carbonyl (C=O) groups is 1. The van der Waals surface area contributed by atoms with Crippen molar-refractivity contribution in [1.82, 2.24) is 10.2 Å². The van der Waals surface area contributed by atoms with Gasteiger partial charge in [0.25, 0.3) is 0 Å². The summed E-state index contributed by atoms with van der Waals surface area (Å²) < 4.78 is 24.3. The Morgan fingerprint density at radius 1 is 1.14 bits per heavy atom. The molecule has 7 heteroatoms. The van der Waals surface area contributed by atoms with Crippen molar-refractivity contribution in [2.45, 2.75) is 56.2 Å². The van der Waals surface area contributed by atoms with E-state index in [0.717, 1.165) is 51.6 Å². The molecule has 0 radical (unpaired) electrons. The molecule has 0 spiro atoms. The molecule has 0 unspecified atom stereocenters. The summed E-state index contributed by atoms with van der Waals surface area (Å²) in [6.07, 6.45) is 5.62. The number of nitrogens with zero attached hydrogens (tertiary/aromatic N) is 1. The molecule has 0 atom stereocenters. The summed E-state index contributed by atoms with van der Waals surface area (Å²) in [5, 5.41) is 3.07. The maximum absolute atomic E-state index is 12.2. The van der Waals surface area contributed by atoms with Crippen LogP contribution in [0.1, 0.15) is 44.9 Å². The van der Waals surface area contributed by atoms with Gasteiger partial charge in [-0.25, -0.2) is 8.42 Å². The second kappa shape index (κ2) is 8.34. The molecule has 2 aliphatic rings. The first-order valence-corrected chi connectivity index (χ1v) is 9.40. The molecule has 21 heavy (non-hydrogen) atoms. The third-order valence-electron chi connectivity index (χ3n) is 4.66. The molecule has 124 valence electrons. The molecule has 0 aromatic rings. The van der Waals surface area contributed by atoms with Gasteiger partial charge in [0.15, 0.2) is 9.84 Å². The molecule has 2 rings (SSSR count). The number of sulfone groups is 1. The van der Waals surface area contributed by atoms with E-state index in [9.17, 15) is 13.2 Å². The van der Waals surface area contributed by atoms with Crippen LogP contribution in [-0.2, 0) is 14.6 Å². The van der Waals surface area contributed by atoms with Gasteiger partial charge < -0.3 is 10.2 Å². The fourth-order valence-corrected chi connectivity index (χ4v) is 5.06. The summed E-state index contributed by atoms with van der Waals surface area (Å²) in [5.74, 6) is -0.00954. The minimum atomic E-state index is -3.08. The first-order valence-electron chi connectivity index (χ1n) is 7.68. The van der Waals surface area contributed by atoms with Gasteiger partial charge in [0.1, 0.15) is 0 Å². The zero-order valence-electron chi connectivity index (χ0n) is 12.7. The SMILES string of the molecule is CN(C(=O)CCS(=O)(=O)C1CCCC1)C1CCNCC1.Cl. The standard InChI is InChI=1S/C14H26N2O3S.ClH/c1-16(12-6-9-15-10-7-12)14(17)8-11-20(18,19)13-4-2-3-5-13;/h12-13,15H,2-11H2,1H3;1H. The molecule has 0 bridgehead atoms. The maximum atomic E-state index is 12.2. The average Bonchev–Trinajstić information content (AvgIpc) is 3.00. The number of hydrogen-bond donors (Lipinski definition) is 1. The molecule has 0 aromatic carbocycles. The maximum Gasteiger partial charge on any atom is 0.223 e. The van der Waals surface area contributed by atoms with Crippen molar-refractivity contribution in [2.24, 2.45) is 0 Å². The molecule has 1 aliphatic heterocycles. The second-order valence-corrected chi connectivity index (χ2v) is 8.41. The Labute approximate surface area is 134 Å². The van der Waals surface area contributed by atoms with E-state index in [1.54, 1.807) is 11.9 Å². The predicted molar refractivity (Wildman–Crippen MR) is 86.6 cm³/mol. The highest BCUT2D eigenvalue weighted by atomic mass is 35.5. The van der Waals surface area contributed by atoms with Crippen LogP contribution in [0.25, 0.3) is 0 Å². The van der Waals surface area contributed by atoms with E-state index in [2.05, 4.69) is 5.32 Å². The van der Waals surface area contributed by atoms with Gasteiger partial charge >= 0.3 is 0 Å². The van der Waals surface area contributed by atoms with Crippen molar-refractivity contribution >= 4 is 28.2 Å². The number of amides is 1. The van der Waals surface area contributed by atoms with Gasteiger partial charge in [0.05, 0.1) is 11.0 Å². The van der Waals surface area contributed by atoms with Crippen LogP contribution >= 0.6 is 12.4 Å². The number of rotatable bonds is 5. The van der Waals surface area contributed by atoms with E-state index in [1.807, 2.05) is 0 Å². The number of halogens is 1. The molecule has 0 aromatic heterocycles. The van der Waals surface area contributed by atoms with Crippen molar-refractivity contribution in [3.8, 4) is 0 Å². The van der Waals surface area contributed by atoms with E-state index in [4.69, 9.17) is 0 Å². The van der Waals surface area contributed by atoms with Crippen LogP contribution in [0.3, 0.4) is 0 Å². The van der Waals surface area contributed by atoms with Crippen LogP contribution in [0.15, 0.2) is 0 Å². The lowest BCUT2D eigenvalue weighted by Gasteiger charge is -2.31. The van der Waals surface area contributed by atoms with Gasteiger partial charge in [-0.15, -0.1) is 12.4 Å². The van der Waals surface area contributed by atoms with E-state index in [0.29, 0.717) is 0 Å². The quantitative estimate of drug-likeness (QED) is 0.822. The van der Waals surface area contributed by atoms with Gasteiger partial charge in [0.2, 0.25) is 5.91 Å². The van der Waals surface area contributed by atoms with Crippen molar-refractivity contribution in [3.63, 3.8) is 0 Å². The van der Waals surface area contributed by atoms with E-state index in [-0.39, 0.29) is 41.8 Å². The summed E-state index contributed by atoms with van der Waals surface area (Å²) in [4.78, 5) is 13.9. The Hall–Kier alpha value is -0.330. The highest BCUT2D eigenvalue weighted by Crippen LogP contribution is 2.25. The van der Waals surface area contributed by atoms with Gasteiger partial charge in [-0.1, -0.05) is 12.8 Å². The molecule has 1 heterocycles. The summed E-state index contributed by atoms with van der Waals surface area (Å²) in [7, 11) is -1.27. The third kappa shape index (κ3) is 5.11. The van der Waals surface area contributed by atoms with E-state index < -0.39 is 9.84 Å². The van der Waals surface area contributed by atoms with Crippen LogP contribution in [0.5, 0.6) is 0 Å². The lowest BCUT2D eigenvalue weighted by molar-refractivity contribution is -0.132. The van der Waals surface area contributed by atoms with Crippen molar-refractivity contribution in [2.75, 3.05) is 25.9 Å². The minimum Gasteiger partial charge on any atom is -0.343 e. The molecule has 1 amide bonds. The summed E-state index contributed by atoms with van der Waals surface area (Å²) >= 11 is 0. The number of nitrogens with one attached hydrogen (secondary N) is 1. The minimum absolute atomic E-state index is 0. The second-order valence-electron chi connectivity index (χ2n) is 6.01. The van der Waals surface area contributed by atoms with Crippen LogP contribution < -0.4 is 5.32 Å². The normalized spacial score (nSPS) is 21.0. The third-order valence-corrected chi connectivity index (χ3v) is 6.92. The van der Waals surface area contributed by atoms with Crippen LogP contribution in [0, 0.1) is 0 Å². The molecule has 1 aliphatic carbocycles. The Morgan fingerprint density at radius 3 is 2.29 bits per heavy atom.